The second kappa shape index (κ2) is 7.08. The molecule has 2 aliphatic heterocycles. The molecule has 1 saturated heterocycles. The van der Waals surface area contributed by atoms with Gasteiger partial charge >= 0.3 is 0 Å². The summed E-state index contributed by atoms with van der Waals surface area (Å²) in [5.41, 5.74) is 0.817. The summed E-state index contributed by atoms with van der Waals surface area (Å²) in [6.45, 7) is 1.96. The van der Waals surface area contributed by atoms with Gasteiger partial charge in [-0.1, -0.05) is 12.1 Å². The fraction of sp³-hybridized carbons (Fsp3) is 0.412. The topological polar surface area (TPSA) is 51.1 Å². The first kappa shape index (κ1) is 15.9. The molecule has 0 radical (unpaired) electrons. The highest BCUT2D eigenvalue weighted by molar-refractivity contribution is 8.18. The normalized spacial score (nSPS) is 19.9. The van der Waals surface area contributed by atoms with E-state index in [-0.39, 0.29) is 5.91 Å². The van der Waals surface area contributed by atoms with E-state index >= 15 is 0 Å². The molecule has 0 bridgehead atoms. The highest BCUT2D eigenvalue weighted by atomic mass is 32.2. The molecule has 23 heavy (non-hydrogen) atoms. The lowest BCUT2D eigenvalue weighted by Gasteiger charge is -2.27. The number of likely N-dealkylation sites (tertiary alicyclic amines) is 1. The molecule has 1 fully saturated rings. The Balaban J connectivity index is 1.83. The average Bonchev–Trinajstić information content (AvgIpc) is 2.96. The van der Waals surface area contributed by atoms with E-state index in [0.717, 1.165) is 36.7 Å². The van der Waals surface area contributed by atoms with Gasteiger partial charge in [-0.3, -0.25) is 4.79 Å². The maximum Gasteiger partial charge on any atom is 0.286 e. The van der Waals surface area contributed by atoms with Crippen LogP contribution in [0.15, 0.2) is 28.1 Å². The summed E-state index contributed by atoms with van der Waals surface area (Å²) in [7, 11) is 3.20. The smallest absolute Gasteiger partial charge is 0.286 e. The van der Waals surface area contributed by atoms with E-state index in [0.29, 0.717) is 16.4 Å². The molecule has 3 rings (SSSR count). The number of benzene rings is 1. The van der Waals surface area contributed by atoms with Crippen molar-refractivity contribution in [1.82, 2.24) is 4.90 Å². The lowest BCUT2D eigenvalue weighted by Crippen LogP contribution is -2.33. The fourth-order valence-electron chi connectivity index (χ4n) is 2.79. The van der Waals surface area contributed by atoms with Crippen LogP contribution >= 0.6 is 11.8 Å². The summed E-state index contributed by atoms with van der Waals surface area (Å²) in [4.78, 5) is 19.3. The maximum absolute atomic E-state index is 12.2. The molecule has 122 valence electrons. The third-order valence-corrected chi connectivity index (χ3v) is 5.00. The Morgan fingerprint density at radius 2 is 1.96 bits per heavy atom. The van der Waals surface area contributed by atoms with Crippen molar-refractivity contribution >= 4 is 28.9 Å². The zero-order chi connectivity index (χ0) is 16.2. The van der Waals surface area contributed by atoms with Crippen LogP contribution in [0.3, 0.4) is 0 Å². The van der Waals surface area contributed by atoms with Crippen LogP contribution in [0, 0.1) is 0 Å². The van der Waals surface area contributed by atoms with E-state index < -0.39 is 0 Å². The molecule has 0 saturated carbocycles. The van der Waals surface area contributed by atoms with E-state index in [9.17, 15) is 4.79 Å². The molecule has 0 aromatic heterocycles. The summed E-state index contributed by atoms with van der Waals surface area (Å²) in [5, 5.41) is 0.822. The van der Waals surface area contributed by atoms with Crippen molar-refractivity contribution in [3.05, 3.63) is 28.7 Å². The third kappa shape index (κ3) is 3.37. The molecule has 1 aromatic carbocycles. The van der Waals surface area contributed by atoms with E-state index in [1.54, 1.807) is 14.2 Å². The Labute approximate surface area is 140 Å². The molecule has 6 heteroatoms. The molecule has 0 spiro atoms. The Kier molecular flexibility index (Phi) is 4.91. The number of aliphatic imine (C=N–C) groups is 1. The summed E-state index contributed by atoms with van der Waals surface area (Å²) >= 11 is 1.44. The van der Waals surface area contributed by atoms with E-state index in [1.807, 2.05) is 24.3 Å². The van der Waals surface area contributed by atoms with Gasteiger partial charge in [0.2, 0.25) is 0 Å². The van der Waals surface area contributed by atoms with E-state index in [2.05, 4.69) is 9.89 Å². The maximum atomic E-state index is 12.2. The first-order valence-corrected chi connectivity index (χ1v) is 8.53. The number of thioether (sulfide) groups is 1. The number of ether oxygens (including phenoxy) is 2. The minimum atomic E-state index is -0.180. The first-order valence-electron chi connectivity index (χ1n) is 7.71. The Hall–Kier alpha value is -1.95. The van der Waals surface area contributed by atoms with Crippen molar-refractivity contribution in [2.75, 3.05) is 27.3 Å². The quantitative estimate of drug-likeness (QED) is 0.796. The molecule has 2 aliphatic rings. The number of piperidine rings is 1. The number of hydrogen-bond acceptors (Lipinski definition) is 5. The molecule has 5 nitrogen and oxygen atoms in total. The van der Waals surface area contributed by atoms with Crippen molar-refractivity contribution in [3.8, 4) is 11.5 Å². The van der Waals surface area contributed by atoms with Gasteiger partial charge in [-0.25, -0.2) is 0 Å². The summed E-state index contributed by atoms with van der Waals surface area (Å²) < 4.78 is 10.7. The molecule has 2 heterocycles. The molecular weight excluding hydrogens is 312 g/mol. The average molecular weight is 332 g/mol. The fourth-order valence-corrected chi connectivity index (χ4v) is 3.74. The highest BCUT2D eigenvalue weighted by Crippen LogP contribution is 2.36. The third-order valence-electron chi connectivity index (χ3n) is 3.96. The predicted octanol–water partition coefficient (Wildman–Crippen LogP) is 3.16. The number of carbonyl (C=O) groups excluding carboxylic acids is 1. The second-order valence-electron chi connectivity index (χ2n) is 5.44. The van der Waals surface area contributed by atoms with Crippen LogP contribution in [-0.2, 0) is 4.79 Å². The van der Waals surface area contributed by atoms with Gasteiger partial charge in [0.25, 0.3) is 5.91 Å². The van der Waals surface area contributed by atoms with Gasteiger partial charge in [-0.05, 0) is 43.2 Å². The summed E-state index contributed by atoms with van der Waals surface area (Å²) in [6, 6.07) is 5.62. The lowest BCUT2D eigenvalue weighted by atomic mass is 10.1. The predicted molar refractivity (Wildman–Crippen MR) is 93.0 cm³/mol. The largest absolute Gasteiger partial charge is 0.493 e. The standard InChI is InChI=1S/C17H20N2O3S/c1-21-13-8-6-7-12(15(13)22-2)11-14-16(20)18-17(23-14)19-9-4-3-5-10-19/h6-8,11H,3-5,9-10H2,1-2H3/b14-11-. The number of amidine groups is 1. The highest BCUT2D eigenvalue weighted by Gasteiger charge is 2.27. The van der Waals surface area contributed by atoms with Gasteiger partial charge in [-0.2, -0.15) is 4.99 Å². The van der Waals surface area contributed by atoms with Gasteiger partial charge in [0.1, 0.15) is 0 Å². The Morgan fingerprint density at radius 1 is 1.17 bits per heavy atom. The Morgan fingerprint density at radius 3 is 2.65 bits per heavy atom. The number of hydrogen-bond donors (Lipinski definition) is 0. The van der Waals surface area contributed by atoms with Crippen molar-refractivity contribution in [1.29, 1.82) is 0 Å². The van der Waals surface area contributed by atoms with Crippen molar-refractivity contribution < 1.29 is 14.3 Å². The number of rotatable bonds is 3. The van der Waals surface area contributed by atoms with E-state index in [1.165, 1.54) is 18.2 Å². The molecule has 0 N–H and O–H groups in total. The molecule has 0 atom stereocenters. The van der Waals surface area contributed by atoms with Crippen LogP contribution in [0.4, 0.5) is 0 Å². The zero-order valence-corrected chi connectivity index (χ0v) is 14.2. The second-order valence-corrected chi connectivity index (χ2v) is 6.45. The molecule has 1 aromatic rings. The molecule has 1 amide bonds. The number of methoxy groups -OCH3 is 2. The summed E-state index contributed by atoms with van der Waals surface area (Å²) in [6.07, 6.45) is 5.41. The Bertz CT molecular complexity index is 664. The van der Waals surface area contributed by atoms with Crippen LogP contribution < -0.4 is 9.47 Å². The molecule has 0 unspecified atom stereocenters. The van der Waals surface area contributed by atoms with Gasteiger partial charge in [0.15, 0.2) is 16.7 Å². The van der Waals surface area contributed by atoms with Crippen molar-refractivity contribution in [2.45, 2.75) is 19.3 Å². The number of nitrogens with zero attached hydrogens (tertiary/aromatic N) is 2. The van der Waals surface area contributed by atoms with Gasteiger partial charge in [-0.15, -0.1) is 0 Å². The minimum absolute atomic E-state index is 0.180. The van der Waals surface area contributed by atoms with Crippen LogP contribution in [0.25, 0.3) is 6.08 Å². The minimum Gasteiger partial charge on any atom is -0.493 e. The van der Waals surface area contributed by atoms with Crippen molar-refractivity contribution in [2.24, 2.45) is 4.99 Å². The molecule has 0 aliphatic carbocycles. The van der Waals surface area contributed by atoms with E-state index in [4.69, 9.17) is 9.47 Å². The van der Waals surface area contributed by atoms with Gasteiger partial charge in [0, 0.05) is 18.7 Å². The first-order chi connectivity index (χ1) is 11.2. The number of para-hydroxylation sites is 1. The number of amides is 1. The SMILES string of the molecule is COc1cccc(/C=C2\SC(N3CCCCC3)=NC2=O)c1OC. The zero-order valence-electron chi connectivity index (χ0n) is 13.4. The van der Waals surface area contributed by atoms with Crippen molar-refractivity contribution in [3.63, 3.8) is 0 Å². The van der Waals surface area contributed by atoms with Gasteiger partial charge < -0.3 is 14.4 Å². The van der Waals surface area contributed by atoms with Gasteiger partial charge in [0.05, 0.1) is 19.1 Å². The van der Waals surface area contributed by atoms with Crippen LogP contribution in [-0.4, -0.2) is 43.3 Å². The molecular formula is C17H20N2O3S. The van der Waals surface area contributed by atoms with Crippen LogP contribution in [0.2, 0.25) is 0 Å². The lowest BCUT2D eigenvalue weighted by molar-refractivity contribution is -0.113. The van der Waals surface area contributed by atoms with Crippen LogP contribution in [0.5, 0.6) is 11.5 Å². The summed E-state index contributed by atoms with van der Waals surface area (Å²) in [5.74, 6) is 1.09. The monoisotopic (exact) mass is 332 g/mol. The number of carbonyl (C=O) groups is 1. The van der Waals surface area contributed by atoms with Crippen LogP contribution in [0.1, 0.15) is 24.8 Å².